The molecule has 0 atom stereocenters. The highest BCUT2D eigenvalue weighted by atomic mass is 79.9. The lowest BCUT2D eigenvalue weighted by Gasteiger charge is -2.38. The lowest BCUT2D eigenvalue weighted by molar-refractivity contribution is -0.0300. The van der Waals surface area contributed by atoms with Crippen LogP contribution in [0.3, 0.4) is 0 Å². The zero-order chi connectivity index (χ0) is 19.9. The average molecular weight is 466 g/mol. The van der Waals surface area contributed by atoms with Crippen molar-refractivity contribution in [3.8, 4) is 0 Å². The molecule has 146 valence electrons. The molecule has 3 aromatic rings. The molecule has 0 radical (unpaired) electrons. The van der Waals surface area contributed by atoms with Crippen LogP contribution >= 0.6 is 27.5 Å². The molecule has 1 fully saturated rings. The number of benzene rings is 1. The molecule has 7 nitrogen and oxygen atoms in total. The van der Waals surface area contributed by atoms with Crippen LogP contribution in [0.1, 0.15) is 23.2 Å². The molecule has 0 aliphatic carbocycles. The number of carbonyl (C=O) groups is 1. The fourth-order valence-electron chi connectivity index (χ4n) is 3.51. The van der Waals surface area contributed by atoms with E-state index in [9.17, 15) is 14.7 Å². The first-order valence-electron chi connectivity index (χ1n) is 8.86. The summed E-state index contributed by atoms with van der Waals surface area (Å²) in [6, 6.07) is 8.59. The summed E-state index contributed by atoms with van der Waals surface area (Å²) in [6.07, 6.45) is 3.87. The number of rotatable bonds is 3. The van der Waals surface area contributed by atoms with Crippen LogP contribution in [0.4, 0.5) is 0 Å². The number of aliphatic hydroxyl groups is 1. The van der Waals surface area contributed by atoms with E-state index in [1.807, 2.05) is 0 Å². The Bertz CT molecular complexity index is 1100. The maximum atomic E-state index is 12.7. The predicted octanol–water partition coefficient (Wildman–Crippen LogP) is 2.58. The van der Waals surface area contributed by atoms with Crippen molar-refractivity contribution in [2.75, 3.05) is 13.1 Å². The fraction of sp³-hybridized carbons (Fsp3) is 0.316. The summed E-state index contributed by atoms with van der Waals surface area (Å²) in [5.74, 6) is -0.159. The van der Waals surface area contributed by atoms with E-state index >= 15 is 0 Å². The molecule has 3 heterocycles. The number of carbonyl (C=O) groups excluding carboxylic acids is 1. The van der Waals surface area contributed by atoms with E-state index in [1.165, 1.54) is 15.4 Å². The van der Waals surface area contributed by atoms with E-state index in [0.717, 1.165) is 4.47 Å². The molecule has 1 amide bonds. The highest BCUT2D eigenvalue weighted by molar-refractivity contribution is 9.10. The second kappa shape index (κ2) is 7.35. The van der Waals surface area contributed by atoms with Crippen molar-refractivity contribution in [2.24, 2.45) is 0 Å². The highest BCUT2D eigenvalue weighted by Gasteiger charge is 2.35. The van der Waals surface area contributed by atoms with Gasteiger partial charge >= 0.3 is 0 Å². The Hall–Kier alpha value is -2.16. The Labute approximate surface area is 174 Å². The minimum absolute atomic E-state index is 0.140. The third-order valence-electron chi connectivity index (χ3n) is 5.13. The molecule has 1 aliphatic heterocycles. The van der Waals surface area contributed by atoms with Gasteiger partial charge in [0.1, 0.15) is 11.8 Å². The van der Waals surface area contributed by atoms with Gasteiger partial charge in [-0.1, -0.05) is 27.5 Å². The van der Waals surface area contributed by atoms with Crippen molar-refractivity contribution in [3.05, 3.63) is 68.3 Å². The van der Waals surface area contributed by atoms with E-state index in [4.69, 9.17) is 11.6 Å². The fourth-order valence-corrected chi connectivity index (χ4v) is 4.26. The number of halogens is 2. The summed E-state index contributed by atoms with van der Waals surface area (Å²) in [5.41, 5.74) is -0.372. The first-order chi connectivity index (χ1) is 13.4. The normalized spacial score (nSPS) is 16.5. The van der Waals surface area contributed by atoms with Crippen LogP contribution in [0.5, 0.6) is 0 Å². The largest absolute Gasteiger partial charge is 0.388 e. The SMILES string of the molecule is O=C(c1ccc(Br)cc1Cl)N1CCC(O)(Cn2cnn3cccc3c2=O)CC1. The third-order valence-corrected chi connectivity index (χ3v) is 5.94. The van der Waals surface area contributed by atoms with Gasteiger partial charge in [0, 0.05) is 23.8 Å². The molecular weight excluding hydrogens is 448 g/mol. The summed E-state index contributed by atoms with van der Waals surface area (Å²) < 4.78 is 3.74. The molecule has 0 spiro atoms. The number of piperidine rings is 1. The molecule has 9 heteroatoms. The molecule has 0 bridgehead atoms. The van der Waals surface area contributed by atoms with Gasteiger partial charge in [-0.2, -0.15) is 5.10 Å². The van der Waals surface area contributed by atoms with Crippen molar-refractivity contribution in [1.29, 1.82) is 0 Å². The van der Waals surface area contributed by atoms with Crippen LogP contribution in [0.15, 0.2) is 52.1 Å². The standard InChI is InChI=1S/C19H18BrClN4O3/c20-13-3-4-14(15(21)10-13)17(26)23-8-5-19(28,6-9-23)11-24-12-22-25-7-1-2-16(25)18(24)27/h1-4,7,10,12,28H,5-6,8-9,11H2. The number of nitrogens with zero attached hydrogens (tertiary/aromatic N) is 4. The van der Waals surface area contributed by atoms with Crippen LogP contribution in [0.2, 0.25) is 5.02 Å². The zero-order valence-electron chi connectivity index (χ0n) is 14.9. The predicted molar refractivity (Wildman–Crippen MR) is 109 cm³/mol. The number of fused-ring (bicyclic) bond motifs is 1. The number of amides is 1. The molecule has 0 unspecified atom stereocenters. The van der Waals surface area contributed by atoms with Gasteiger partial charge in [0.25, 0.3) is 11.5 Å². The molecule has 2 aromatic heterocycles. The van der Waals surface area contributed by atoms with E-state index in [2.05, 4.69) is 21.0 Å². The second-order valence-corrected chi connectivity index (χ2v) is 8.37. The van der Waals surface area contributed by atoms with Gasteiger partial charge in [0.05, 0.1) is 22.7 Å². The van der Waals surface area contributed by atoms with Crippen molar-refractivity contribution in [1.82, 2.24) is 19.1 Å². The quantitative estimate of drug-likeness (QED) is 0.645. The summed E-state index contributed by atoms with van der Waals surface area (Å²) >= 11 is 9.52. The molecular formula is C19H18BrClN4O3. The highest BCUT2D eigenvalue weighted by Crippen LogP contribution is 2.27. The van der Waals surface area contributed by atoms with Gasteiger partial charge in [-0.25, -0.2) is 4.52 Å². The Morgan fingerprint density at radius 1 is 1.29 bits per heavy atom. The number of likely N-dealkylation sites (tertiary alicyclic amines) is 1. The Morgan fingerprint density at radius 2 is 2.04 bits per heavy atom. The Morgan fingerprint density at radius 3 is 2.75 bits per heavy atom. The number of hydrogen-bond acceptors (Lipinski definition) is 4. The van der Waals surface area contributed by atoms with E-state index < -0.39 is 5.60 Å². The minimum Gasteiger partial charge on any atom is -0.388 e. The van der Waals surface area contributed by atoms with Crippen LogP contribution < -0.4 is 5.56 Å². The molecule has 28 heavy (non-hydrogen) atoms. The molecule has 0 saturated carbocycles. The van der Waals surface area contributed by atoms with Crippen LogP contribution in [-0.4, -0.2) is 48.8 Å². The maximum Gasteiger partial charge on any atom is 0.277 e. The van der Waals surface area contributed by atoms with Gasteiger partial charge in [-0.05, 0) is 43.2 Å². The number of hydrogen-bond donors (Lipinski definition) is 1. The van der Waals surface area contributed by atoms with Crippen LogP contribution in [0, 0.1) is 0 Å². The Kier molecular flexibility index (Phi) is 5.03. The minimum atomic E-state index is -1.07. The monoisotopic (exact) mass is 464 g/mol. The summed E-state index contributed by atoms with van der Waals surface area (Å²) in [4.78, 5) is 27.0. The third kappa shape index (κ3) is 3.59. The van der Waals surface area contributed by atoms with Gasteiger partial charge < -0.3 is 10.0 Å². The van der Waals surface area contributed by atoms with Crippen molar-refractivity contribution in [2.45, 2.75) is 25.0 Å². The molecule has 4 rings (SSSR count). The molecule has 1 N–H and O–H groups in total. The van der Waals surface area contributed by atoms with Gasteiger partial charge in [0.2, 0.25) is 0 Å². The van der Waals surface area contributed by atoms with Gasteiger partial charge in [-0.3, -0.25) is 14.2 Å². The smallest absolute Gasteiger partial charge is 0.277 e. The Balaban J connectivity index is 1.47. The lowest BCUT2D eigenvalue weighted by Crippen LogP contribution is -2.49. The van der Waals surface area contributed by atoms with Crippen molar-refractivity contribution in [3.63, 3.8) is 0 Å². The molecule has 1 aromatic carbocycles. The van der Waals surface area contributed by atoms with Gasteiger partial charge in [0.15, 0.2) is 0 Å². The summed E-state index contributed by atoms with van der Waals surface area (Å²) in [5, 5.41) is 15.5. The lowest BCUT2D eigenvalue weighted by atomic mass is 9.91. The van der Waals surface area contributed by atoms with Crippen LogP contribution in [0.25, 0.3) is 5.52 Å². The average Bonchev–Trinajstić information content (AvgIpc) is 3.14. The van der Waals surface area contributed by atoms with E-state index in [0.29, 0.717) is 42.0 Å². The van der Waals surface area contributed by atoms with E-state index in [-0.39, 0.29) is 18.0 Å². The van der Waals surface area contributed by atoms with Crippen molar-refractivity contribution >= 4 is 39.0 Å². The van der Waals surface area contributed by atoms with Crippen molar-refractivity contribution < 1.29 is 9.90 Å². The topological polar surface area (TPSA) is 79.8 Å². The number of aromatic nitrogens is 3. The first-order valence-corrected chi connectivity index (χ1v) is 10.0. The maximum absolute atomic E-state index is 12.7. The van der Waals surface area contributed by atoms with E-state index in [1.54, 1.807) is 41.4 Å². The second-order valence-electron chi connectivity index (χ2n) is 7.04. The molecule has 1 saturated heterocycles. The summed E-state index contributed by atoms with van der Waals surface area (Å²) in [6.45, 7) is 0.913. The zero-order valence-corrected chi connectivity index (χ0v) is 17.2. The molecule has 1 aliphatic rings. The van der Waals surface area contributed by atoms with Gasteiger partial charge in [-0.15, -0.1) is 0 Å². The first kappa shape index (κ1) is 19.2. The summed E-state index contributed by atoms with van der Waals surface area (Å²) in [7, 11) is 0. The van der Waals surface area contributed by atoms with Crippen LogP contribution in [-0.2, 0) is 6.54 Å².